The van der Waals surface area contributed by atoms with E-state index in [1.165, 1.54) is 18.6 Å². The molecule has 1 aromatic rings. The van der Waals surface area contributed by atoms with Crippen molar-refractivity contribution >= 4 is 5.91 Å². The Labute approximate surface area is 118 Å². The molecule has 20 heavy (non-hydrogen) atoms. The van der Waals surface area contributed by atoms with Crippen molar-refractivity contribution in [3.8, 4) is 5.75 Å². The van der Waals surface area contributed by atoms with E-state index >= 15 is 0 Å². The summed E-state index contributed by atoms with van der Waals surface area (Å²) in [5.41, 5.74) is 0.674. The summed E-state index contributed by atoms with van der Waals surface area (Å²) in [6.07, 6.45) is 3.87. The quantitative estimate of drug-likeness (QED) is 0.811. The van der Waals surface area contributed by atoms with Gasteiger partial charge in [0.1, 0.15) is 11.6 Å². The number of piperidine rings is 1. The molecule has 110 valence electrons. The molecule has 0 aromatic heterocycles. The van der Waals surface area contributed by atoms with E-state index in [0.29, 0.717) is 25.1 Å². The Bertz CT molecular complexity index is 439. The third-order valence-corrected chi connectivity index (χ3v) is 3.50. The van der Waals surface area contributed by atoms with Crippen LogP contribution in [0.15, 0.2) is 18.2 Å². The van der Waals surface area contributed by atoms with Gasteiger partial charge in [-0.3, -0.25) is 4.79 Å². The first-order valence-electron chi connectivity index (χ1n) is 7.12. The third-order valence-electron chi connectivity index (χ3n) is 3.50. The second-order valence-corrected chi connectivity index (χ2v) is 5.19. The second kappa shape index (κ2) is 7.24. The number of benzene rings is 1. The zero-order valence-electron chi connectivity index (χ0n) is 11.6. The monoisotopic (exact) mass is 280 g/mol. The highest BCUT2D eigenvalue weighted by atomic mass is 19.1. The van der Waals surface area contributed by atoms with Gasteiger partial charge in [-0.15, -0.1) is 0 Å². The minimum atomic E-state index is -0.453. The minimum absolute atomic E-state index is 0.0776. The van der Waals surface area contributed by atoms with Crippen LogP contribution in [0.5, 0.6) is 5.75 Å². The molecule has 1 aliphatic rings. The average molecular weight is 280 g/mol. The maximum Gasteiger partial charge on any atom is 0.223 e. The van der Waals surface area contributed by atoms with Gasteiger partial charge in [0.25, 0.3) is 0 Å². The van der Waals surface area contributed by atoms with Gasteiger partial charge in [-0.1, -0.05) is 0 Å². The van der Waals surface area contributed by atoms with Crippen molar-refractivity contribution in [1.29, 1.82) is 0 Å². The molecule has 1 heterocycles. The van der Waals surface area contributed by atoms with Crippen LogP contribution in [-0.2, 0) is 11.3 Å². The number of hydrogen-bond acceptors (Lipinski definition) is 3. The van der Waals surface area contributed by atoms with Gasteiger partial charge < -0.3 is 15.3 Å². The Morgan fingerprint density at radius 3 is 2.70 bits per heavy atom. The summed E-state index contributed by atoms with van der Waals surface area (Å²) in [6.45, 7) is 2.75. The molecule has 0 radical (unpaired) electrons. The molecule has 1 aliphatic heterocycles. The van der Waals surface area contributed by atoms with E-state index in [2.05, 4.69) is 5.32 Å². The molecule has 2 rings (SSSR count). The lowest BCUT2D eigenvalue weighted by molar-refractivity contribution is -0.131. The van der Waals surface area contributed by atoms with Gasteiger partial charge in [0.15, 0.2) is 0 Å². The highest BCUT2D eigenvalue weighted by molar-refractivity contribution is 5.76. The predicted octanol–water partition coefficient (Wildman–Crippen LogP) is 2.02. The SMILES string of the molecule is O=C(CCNCc1cc(O)cc(F)c1)N1CCCCC1. The van der Waals surface area contributed by atoms with E-state index in [0.717, 1.165) is 32.0 Å². The zero-order valence-corrected chi connectivity index (χ0v) is 11.6. The Balaban J connectivity index is 1.69. The first-order chi connectivity index (χ1) is 9.65. The molecule has 0 aliphatic carbocycles. The van der Waals surface area contributed by atoms with Crippen molar-refractivity contribution in [2.45, 2.75) is 32.2 Å². The fraction of sp³-hybridized carbons (Fsp3) is 0.533. The highest BCUT2D eigenvalue weighted by Gasteiger charge is 2.15. The maximum absolute atomic E-state index is 13.1. The van der Waals surface area contributed by atoms with Gasteiger partial charge in [-0.2, -0.15) is 0 Å². The molecule has 0 saturated carbocycles. The minimum Gasteiger partial charge on any atom is -0.508 e. The van der Waals surface area contributed by atoms with Crippen LogP contribution in [0.1, 0.15) is 31.2 Å². The summed E-state index contributed by atoms with van der Waals surface area (Å²) >= 11 is 0. The Kier molecular flexibility index (Phi) is 5.35. The number of nitrogens with zero attached hydrogens (tertiary/aromatic N) is 1. The smallest absolute Gasteiger partial charge is 0.223 e. The van der Waals surface area contributed by atoms with Crippen molar-refractivity contribution < 1.29 is 14.3 Å². The molecule has 5 heteroatoms. The van der Waals surface area contributed by atoms with E-state index in [4.69, 9.17) is 0 Å². The topological polar surface area (TPSA) is 52.6 Å². The second-order valence-electron chi connectivity index (χ2n) is 5.19. The molecule has 4 nitrogen and oxygen atoms in total. The summed E-state index contributed by atoms with van der Waals surface area (Å²) < 4.78 is 13.1. The number of likely N-dealkylation sites (tertiary alicyclic amines) is 1. The number of rotatable bonds is 5. The van der Waals surface area contributed by atoms with E-state index in [9.17, 15) is 14.3 Å². The van der Waals surface area contributed by atoms with Crippen molar-refractivity contribution in [2.24, 2.45) is 0 Å². The summed E-state index contributed by atoms with van der Waals surface area (Å²) in [4.78, 5) is 13.8. The van der Waals surface area contributed by atoms with Crippen LogP contribution in [-0.4, -0.2) is 35.5 Å². The number of aromatic hydroxyl groups is 1. The van der Waals surface area contributed by atoms with Gasteiger partial charge in [-0.05, 0) is 37.0 Å². The van der Waals surface area contributed by atoms with Crippen LogP contribution in [0.2, 0.25) is 0 Å². The lowest BCUT2D eigenvalue weighted by Crippen LogP contribution is -2.37. The number of halogens is 1. The molecule has 2 N–H and O–H groups in total. The molecule has 1 fully saturated rings. The molecule has 1 amide bonds. The summed E-state index contributed by atoms with van der Waals surface area (Å²) in [5, 5.41) is 12.4. The first kappa shape index (κ1) is 14.8. The fourth-order valence-electron chi connectivity index (χ4n) is 2.46. The van der Waals surface area contributed by atoms with E-state index in [1.807, 2.05) is 4.90 Å². The van der Waals surface area contributed by atoms with Crippen molar-refractivity contribution in [1.82, 2.24) is 10.2 Å². The highest BCUT2D eigenvalue weighted by Crippen LogP contribution is 2.14. The summed E-state index contributed by atoms with van der Waals surface area (Å²) in [7, 11) is 0. The van der Waals surface area contributed by atoms with Gasteiger partial charge in [-0.25, -0.2) is 4.39 Å². The number of amides is 1. The molecular weight excluding hydrogens is 259 g/mol. The zero-order chi connectivity index (χ0) is 14.4. The number of carbonyl (C=O) groups excluding carboxylic acids is 1. The van der Waals surface area contributed by atoms with Crippen LogP contribution in [0.3, 0.4) is 0 Å². The van der Waals surface area contributed by atoms with Gasteiger partial charge in [0.2, 0.25) is 5.91 Å². The van der Waals surface area contributed by atoms with Gasteiger partial charge in [0.05, 0.1) is 0 Å². The number of hydrogen-bond donors (Lipinski definition) is 2. The standard InChI is InChI=1S/C15H21FN2O2/c16-13-8-12(9-14(19)10-13)11-17-5-4-15(20)18-6-2-1-3-7-18/h8-10,17,19H,1-7,11H2. The third kappa shape index (κ3) is 4.49. The molecule has 1 saturated heterocycles. The first-order valence-corrected chi connectivity index (χ1v) is 7.12. The Morgan fingerprint density at radius 1 is 1.25 bits per heavy atom. The van der Waals surface area contributed by atoms with Crippen molar-refractivity contribution in [3.63, 3.8) is 0 Å². The number of phenols is 1. The number of nitrogens with one attached hydrogen (secondary N) is 1. The molecule has 0 bridgehead atoms. The van der Waals surface area contributed by atoms with E-state index in [-0.39, 0.29) is 11.7 Å². The normalized spacial score (nSPS) is 15.3. The fourth-order valence-corrected chi connectivity index (χ4v) is 2.46. The van der Waals surface area contributed by atoms with E-state index < -0.39 is 5.82 Å². The van der Waals surface area contributed by atoms with Crippen LogP contribution in [0, 0.1) is 5.82 Å². The molecule has 1 aromatic carbocycles. The summed E-state index contributed by atoms with van der Waals surface area (Å²) in [5.74, 6) is -0.350. The number of carbonyl (C=O) groups is 1. The number of phenolic OH excluding ortho intramolecular Hbond substituents is 1. The molecule has 0 spiro atoms. The molecule has 0 unspecified atom stereocenters. The van der Waals surface area contributed by atoms with Crippen LogP contribution >= 0.6 is 0 Å². The predicted molar refractivity (Wildman–Crippen MR) is 74.8 cm³/mol. The Morgan fingerprint density at radius 2 is 2.00 bits per heavy atom. The van der Waals surface area contributed by atoms with Gasteiger partial charge >= 0.3 is 0 Å². The lowest BCUT2D eigenvalue weighted by atomic mass is 10.1. The largest absolute Gasteiger partial charge is 0.508 e. The molecule has 0 atom stereocenters. The van der Waals surface area contributed by atoms with Gasteiger partial charge in [0, 0.05) is 38.7 Å². The van der Waals surface area contributed by atoms with Crippen LogP contribution < -0.4 is 5.32 Å². The Hall–Kier alpha value is -1.62. The average Bonchev–Trinajstić information content (AvgIpc) is 2.43. The van der Waals surface area contributed by atoms with Crippen LogP contribution in [0.25, 0.3) is 0 Å². The van der Waals surface area contributed by atoms with Crippen molar-refractivity contribution in [2.75, 3.05) is 19.6 Å². The van der Waals surface area contributed by atoms with E-state index in [1.54, 1.807) is 0 Å². The maximum atomic E-state index is 13.1. The van der Waals surface area contributed by atoms with Crippen LogP contribution in [0.4, 0.5) is 4.39 Å². The lowest BCUT2D eigenvalue weighted by Gasteiger charge is -2.26. The summed E-state index contributed by atoms with van der Waals surface area (Å²) in [6, 6.07) is 3.96. The molecular formula is C15H21FN2O2. The van der Waals surface area contributed by atoms with Crippen molar-refractivity contribution in [3.05, 3.63) is 29.6 Å².